The quantitative estimate of drug-likeness (QED) is 0.845. The van der Waals surface area contributed by atoms with Crippen LogP contribution in [0.1, 0.15) is 18.5 Å². The lowest BCUT2D eigenvalue weighted by Crippen LogP contribution is -2.27. The predicted octanol–water partition coefficient (Wildman–Crippen LogP) is 3.56. The third-order valence-electron chi connectivity index (χ3n) is 3.21. The van der Waals surface area contributed by atoms with E-state index in [0.717, 1.165) is 6.54 Å². The Morgan fingerprint density at radius 1 is 1.05 bits per heavy atom. The van der Waals surface area contributed by atoms with Crippen LogP contribution in [-0.2, 0) is 0 Å². The van der Waals surface area contributed by atoms with Crippen molar-refractivity contribution >= 4 is 0 Å². The van der Waals surface area contributed by atoms with E-state index in [9.17, 15) is 4.39 Å². The minimum absolute atomic E-state index is 0.207. The smallest absolute Gasteiger partial charge is 0.161 e. The first-order valence-corrected chi connectivity index (χ1v) is 7.00. The van der Waals surface area contributed by atoms with Gasteiger partial charge in [0.05, 0.1) is 13.2 Å². The van der Waals surface area contributed by atoms with Crippen LogP contribution in [0.25, 0.3) is 0 Å². The third kappa shape index (κ3) is 3.95. The standard InChI is InChI=1S/C17H20FNO2/c1-3-19-15(13-8-4-5-9-14(13)18)12-21-17-11-7-6-10-16(17)20-2/h4-11,15,19H,3,12H2,1-2H3. The highest BCUT2D eigenvalue weighted by molar-refractivity contribution is 5.39. The number of halogens is 1. The zero-order valence-electron chi connectivity index (χ0n) is 12.3. The lowest BCUT2D eigenvalue weighted by atomic mass is 10.1. The molecule has 0 saturated heterocycles. The molecule has 0 bridgehead atoms. The van der Waals surface area contributed by atoms with E-state index in [4.69, 9.17) is 9.47 Å². The topological polar surface area (TPSA) is 30.5 Å². The molecule has 1 unspecified atom stereocenters. The molecule has 3 nitrogen and oxygen atoms in total. The summed E-state index contributed by atoms with van der Waals surface area (Å²) in [7, 11) is 1.60. The van der Waals surface area contributed by atoms with Gasteiger partial charge in [0.25, 0.3) is 0 Å². The lowest BCUT2D eigenvalue weighted by Gasteiger charge is -2.20. The molecule has 0 fully saturated rings. The average Bonchev–Trinajstić information content (AvgIpc) is 2.52. The van der Waals surface area contributed by atoms with E-state index in [2.05, 4.69) is 5.32 Å². The van der Waals surface area contributed by atoms with Crippen molar-refractivity contribution in [2.45, 2.75) is 13.0 Å². The number of likely N-dealkylation sites (N-methyl/N-ethyl adjacent to an activating group) is 1. The molecule has 1 atom stereocenters. The Bertz CT molecular complexity index is 574. The maximum absolute atomic E-state index is 13.9. The first-order valence-electron chi connectivity index (χ1n) is 7.00. The van der Waals surface area contributed by atoms with E-state index < -0.39 is 0 Å². The number of methoxy groups -OCH3 is 1. The third-order valence-corrected chi connectivity index (χ3v) is 3.21. The van der Waals surface area contributed by atoms with Crippen molar-refractivity contribution in [1.82, 2.24) is 5.32 Å². The van der Waals surface area contributed by atoms with Gasteiger partial charge in [-0.2, -0.15) is 0 Å². The fourth-order valence-electron chi connectivity index (χ4n) is 2.17. The van der Waals surface area contributed by atoms with Crippen molar-refractivity contribution in [3.05, 3.63) is 59.9 Å². The van der Waals surface area contributed by atoms with Crippen molar-refractivity contribution in [3.8, 4) is 11.5 Å². The van der Waals surface area contributed by atoms with Crippen LogP contribution in [0.15, 0.2) is 48.5 Å². The van der Waals surface area contributed by atoms with Gasteiger partial charge >= 0.3 is 0 Å². The molecule has 0 radical (unpaired) electrons. The molecule has 0 aliphatic heterocycles. The highest BCUT2D eigenvalue weighted by Crippen LogP contribution is 2.27. The second-order valence-corrected chi connectivity index (χ2v) is 4.59. The highest BCUT2D eigenvalue weighted by atomic mass is 19.1. The molecule has 21 heavy (non-hydrogen) atoms. The van der Waals surface area contributed by atoms with Crippen LogP contribution >= 0.6 is 0 Å². The van der Waals surface area contributed by atoms with Gasteiger partial charge in [-0.15, -0.1) is 0 Å². The molecule has 0 aliphatic rings. The van der Waals surface area contributed by atoms with E-state index in [0.29, 0.717) is 23.7 Å². The second kappa shape index (κ2) is 7.64. The van der Waals surface area contributed by atoms with Crippen LogP contribution < -0.4 is 14.8 Å². The summed E-state index contributed by atoms with van der Waals surface area (Å²) >= 11 is 0. The molecule has 0 spiro atoms. The Hall–Kier alpha value is -2.07. The molecule has 1 N–H and O–H groups in total. The zero-order valence-corrected chi connectivity index (χ0v) is 12.3. The number of para-hydroxylation sites is 2. The minimum atomic E-state index is -0.230. The summed E-state index contributed by atoms with van der Waals surface area (Å²) in [6.07, 6.45) is 0. The zero-order chi connectivity index (χ0) is 15.1. The van der Waals surface area contributed by atoms with Crippen LogP contribution in [0, 0.1) is 5.82 Å². The van der Waals surface area contributed by atoms with Gasteiger partial charge in [-0.1, -0.05) is 37.3 Å². The lowest BCUT2D eigenvalue weighted by molar-refractivity contribution is 0.252. The SMILES string of the molecule is CCNC(COc1ccccc1OC)c1ccccc1F. The average molecular weight is 289 g/mol. The number of rotatable bonds is 7. The highest BCUT2D eigenvalue weighted by Gasteiger charge is 2.16. The second-order valence-electron chi connectivity index (χ2n) is 4.59. The minimum Gasteiger partial charge on any atom is -0.493 e. The molecule has 4 heteroatoms. The maximum Gasteiger partial charge on any atom is 0.161 e. The summed E-state index contributed by atoms with van der Waals surface area (Å²) in [6, 6.07) is 14.0. The van der Waals surface area contributed by atoms with E-state index in [1.165, 1.54) is 6.07 Å². The van der Waals surface area contributed by atoms with E-state index in [-0.39, 0.29) is 11.9 Å². The Labute approximate surface area is 124 Å². The van der Waals surface area contributed by atoms with Crippen LogP contribution in [0.2, 0.25) is 0 Å². The molecular weight excluding hydrogens is 269 g/mol. The van der Waals surface area contributed by atoms with Crippen LogP contribution in [0.4, 0.5) is 4.39 Å². The molecule has 112 valence electrons. The monoisotopic (exact) mass is 289 g/mol. The van der Waals surface area contributed by atoms with Crippen molar-refractivity contribution in [3.63, 3.8) is 0 Å². The predicted molar refractivity (Wildman–Crippen MR) is 81.3 cm³/mol. The van der Waals surface area contributed by atoms with Gasteiger partial charge in [0.1, 0.15) is 12.4 Å². The van der Waals surface area contributed by atoms with E-state index >= 15 is 0 Å². The number of benzene rings is 2. The van der Waals surface area contributed by atoms with Crippen LogP contribution in [0.5, 0.6) is 11.5 Å². The van der Waals surface area contributed by atoms with Gasteiger partial charge in [-0.05, 0) is 24.7 Å². The number of hydrogen-bond donors (Lipinski definition) is 1. The maximum atomic E-state index is 13.9. The van der Waals surface area contributed by atoms with Crippen molar-refractivity contribution in [1.29, 1.82) is 0 Å². The van der Waals surface area contributed by atoms with Crippen LogP contribution in [0.3, 0.4) is 0 Å². The summed E-state index contributed by atoms with van der Waals surface area (Å²) < 4.78 is 25.0. The molecule has 0 heterocycles. The van der Waals surface area contributed by atoms with Crippen molar-refractivity contribution < 1.29 is 13.9 Å². The molecule has 0 amide bonds. The fraction of sp³-hybridized carbons (Fsp3) is 0.294. The van der Waals surface area contributed by atoms with E-state index in [1.54, 1.807) is 19.2 Å². The molecule has 0 aromatic heterocycles. The summed E-state index contributed by atoms with van der Waals surface area (Å²) in [5.41, 5.74) is 0.606. The fourth-order valence-corrected chi connectivity index (χ4v) is 2.17. The normalized spacial score (nSPS) is 12.0. The largest absolute Gasteiger partial charge is 0.493 e. The Morgan fingerprint density at radius 2 is 1.71 bits per heavy atom. The number of hydrogen-bond acceptors (Lipinski definition) is 3. The Kier molecular flexibility index (Phi) is 5.58. The van der Waals surface area contributed by atoms with Gasteiger partial charge in [0.15, 0.2) is 11.5 Å². The molecule has 2 aromatic rings. The molecule has 2 aromatic carbocycles. The summed E-state index contributed by atoms with van der Waals surface area (Å²) in [6.45, 7) is 3.04. The van der Waals surface area contributed by atoms with E-state index in [1.807, 2.05) is 37.3 Å². The number of ether oxygens (including phenoxy) is 2. The number of nitrogens with one attached hydrogen (secondary N) is 1. The Balaban J connectivity index is 2.12. The Morgan fingerprint density at radius 3 is 2.38 bits per heavy atom. The molecule has 0 aliphatic carbocycles. The first kappa shape index (κ1) is 15.3. The van der Waals surface area contributed by atoms with Gasteiger partial charge in [0.2, 0.25) is 0 Å². The van der Waals surface area contributed by atoms with Gasteiger partial charge in [-0.3, -0.25) is 0 Å². The van der Waals surface area contributed by atoms with Gasteiger partial charge in [0, 0.05) is 5.56 Å². The molecule has 2 rings (SSSR count). The van der Waals surface area contributed by atoms with Crippen molar-refractivity contribution in [2.24, 2.45) is 0 Å². The molecule has 0 saturated carbocycles. The van der Waals surface area contributed by atoms with Gasteiger partial charge in [-0.25, -0.2) is 4.39 Å². The summed E-state index contributed by atoms with van der Waals surface area (Å²) in [5, 5.41) is 3.24. The van der Waals surface area contributed by atoms with Crippen molar-refractivity contribution in [2.75, 3.05) is 20.3 Å². The van der Waals surface area contributed by atoms with Crippen LogP contribution in [-0.4, -0.2) is 20.3 Å². The summed E-state index contributed by atoms with van der Waals surface area (Å²) in [5.74, 6) is 1.09. The first-order chi connectivity index (χ1) is 10.3. The summed E-state index contributed by atoms with van der Waals surface area (Å²) in [4.78, 5) is 0. The molecular formula is C17H20FNO2. The van der Waals surface area contributed by atoms with Gasteiger partial charge < -0.3 is 14.8 Å².